The molecule has 4 aliphatic rings. The van der Waals surface area contributed by atoms with Gasteiger partial charge in [-0.25, -0.2) is 0 Å². The molecule has 0 aromatic rings. The number of hydrogen-bond donors (Lipinski definition) is 2. The first kappa shape index (κ1) is 13.2. The Balaban J connectivity index is 1.49. The third-order valence-corrected chi connectivity index (χ3v) is 5.49. The molecule has 0 saturated heterocycles. The predicted octanol–water partition coefficient (Wildman–Crippen LogP) is 1.07. The number of amides is 1. The number of nitrogens with one attached hydrogen (secondary N) is 1. The minimum absolute atomic E-state index is 0.192. The maximum absolute atomic E-state index is 11.8. The molecule has 4 bridgehead atoms. The van der Waals surface area contributed by atoms with Crippen molar-refractivity contribution in [3.8, 4) is 0 Å². The number of rotatable bonds is 6. The van der Waals surface area contributed by atoms with Gasteiger partial charge in [-0.2, -0.15) is 0 Å². The van der Waals surface area contributed by atoms with Crippen LogP contribution in [0.4, 0.5) is 0 Å². The molecule has 4 saturated carbocycles. The van der Waals surface area contributed by atoms with E-state index in [4.69, 9.17) is 0 Å². The summed E-state index contributed by atoms with van der Waals surface area (Å²) in [5, 5.41) is 5.20. The van der Waals surface area contributed by atoms with Crippen molar-refractivity contribution in [2.24, 2.45) is 23.2 Å². The number of hydrogen-bond acceptors (Lipinski definition) is 1. The lowest BCUT2D eigenvalue weighted by molar-refractivity contribution is -0.634. The fraction of sp³-hybridized carbons (Fsp3) is 0.812. The van der Waals surface area contributed by atoms with Gasteiger partial charge < -0.3 is 10.6 Å². The molecule has 106 valence electrons. The van der Waals surface area contributed by atoms with Crippen molar-refractivity contribution in [1.82, 2.24) is 5.32 Å². The predicted molar refractivity (Wildman–Crippen MR) is 75.5 cm³/mol. The van der Waals surface area contributed by atoms with Crippen molar-refractivity contribution in [2.45, 2.75) is 38.5 Å². The standard InChI is InChI=1S/C16H26N2O/c1-2-3-17-10-15(19)18-11-16-7-12-4-13(8-16)6-14(5-12)9-16/h2,12-14,17H,1,3-11H2,(H,18,19)/p+1. The average molecular weight is 263 g/mol. The lowest BCUT2D eigenvalue weighted by Gasteiger charge is -2.56. The fourth-order valence-corrected chi connectivity index (χ4v) is 5.20. The van der Waals surface area contributed by atoms with Crippen LogP contribution in [0.15, 0.2) is 12.7 Å². The molecule has 0 aliphatic heterocycles. The van der Waals surface area contributed by atoms with E-state index in [0.29, 0.717) is 12.0 Å². The number of quaternary nitrogens is 1. The zero-order valence-corrected chi connectivity index (χ0v) is 11.9. The lowest BCUT2D eigenvalue weighted by atomic mass is 9.49. The van der Waals surface area contributed by atoms with E-state index in [1.54, 1.807) is 0 Å². The van der Waals surface area contributed by atoms with Crippen molar-refractivity contribution in [2.75, 3.05) is 19.6 Å². The van der Waals surface area contributed by atoms with E-state index in [9.17, 15) is 4.79 Å². The third-order valence-electron chi connectivity index (χ3n) is 5.49. The molecule has 3 nitrogen and oxygen atoms in total. The van der Waals surface area contributed by atoms with Gasteiger partial charge in [-0.3, -0.25) is 4.79 Å². The summed E-state index contributed by atoms with van der Waals surface area (Å²) in [6.07, 6.45) is 10.4. The SMILES string of the molecule is C=CC[NH2+]CC(=O)NCC12CC3CC(CC(C3)C1)C2. The maximum Gasteiger partial charge on any atom is 0.275 e. The highest BCUT2D eigenvalue weighted by molar-refractivity contribution is 5.76. The zero-order chi connectivity index (χ0) is 13.3. The van der Waals surface area contributed by atoms with E-state index < -0.39 is 0 Å². The van der Waals surface area contributed by atoms with Crippen LogP contribution in [0.25, 0.3) is 0 Å². The second-order valence-electron chi connectivity index (χ2n) is 7.21. The summed E-state index contributed by atoms with van der Waals surface area (Å²) in [6, 6.07) is 0. The van der Waals surface area contributed by atoms with Gasteiger partial charge in [-0.1, -0.05) is 6.58 Å². The molecule has 3 heteroatoms. The van der Waals surface area contributed by atoms with Crippen LogP contribution in [0.1, 0.15) is 38.5 Å². The molecular weight excluding hydrogens is 236 g/mol. The second-order valence-corrected chi connectivity index (χ2v) is 7.21. The molecule has 19 heavy (non-hydrogen) atoms. The molecule has 0 atom stereocenters. The summed E-state index contributed by atoms with van der Waals surface area (Å²) in [7, 11) is 0. The van der Waals surface area contributed by atoms with E-state index in [-0.39, 0.29) is 5.91 Å². The van der Waals surface area contributed by atoms with Crippen LogP contribution in [0, 0.1) is 23.2 Å². The number of nitrogens with two attached hydrogens (primary N) is 1. The van der Waals surface area contributed by atoms with Gasteiger partial charge in [0, 0.05) is 6.54 Å². The topological polar surface area (TPSA) is 45.7 Å². The smallest absolute Gasteiger partial charge is 0.275 e. The van der Waals surface area contributed by atoms with Crippen molar-refractivity contribution in [3.63, 3.8) is 0 Å². The van der Waals surface area contributed by atoms with Gasteiger partial charge in [0.15, 0.2) is 6.54 Å². The zero-order valence-electron chi connectivity index (χ0n) is 11.9. The second kappa shape index (κ2) is 5.28. The van der Waals surface area contributed by atoms with Gasteiger partial charge in [-0.05, 0) is 67.8 Å². The van der Waals surface area contributed by atoms with E-state index in [0.717, 1.165) is 30.8 Å². The summed E-state index contributed by atoms with van der Waals surface area (Å²) >= 11 is 0. The largest absolute Gasteiger partial charge is 0.351 e. The minimum atomic E-state index is 0.192. The molecule has 3 N–H and O–H groups in total. The molecule has 0 radical (unpaired) electrons. The molecular formula is C16H27N2O+. The Morgan fingerprint density at radius 1 is 1.21 bits per heavy atom. The summed E-state index contributed by atoms with van der Waals surface area (Å²) in [5.74, 6) is 3.10. The van der Waals surface area contributed by atoms with Gasteiger partial charge in [0.1, 0.15) is 0 Å². The van der Waals surface area contributed by atoms with E-state index in [2.05, 4.69) is 11.9 Å². The quantitative estimate of drug-likeness (QED) is 0.546. The number of carbonyl (C=O) groups excluding carboxylic acids is 1. The highest BCUT2D eigenvalue weighted by Crippen LogP contribution is 2.59. The van der Waals surface area contributed by atoms with E-state index >= 15 is 0 Å². The van der Waals surface area contributed by atoms with Crippen LogP contribution >= 0.6 is 0 Å². The van der Waals surface area contributed by atoms with Crippen molar-refractivity contribution >= 4 is 5.91 Å². The lowest BCUT2D eigenvalue weighted by Crippen LogP contribution is -2.86. The van der Waals surface area contributed by atoms with E-state index in [1.807, 2.05) is 11.4 Å². The Morgan fingerprint density at radius 2 is 1.79 bits per heavy atom. The van der Waals surface area contributed by atoms with Crippen LogP contribution in [-0.2, 0) is 4.79 Å². The average Bonchev–Trinajstić information content (AvgIpc) is 2.35. The van der Waals surface area contributed by atoms with Crippen LogP contribution in [0.5, 0.6) is 0 Å². The summed E-state index contributed by atoms with van der Waals surface area (Å²) in [5.41, 5.74) is 0.461. The molecule has 0 unspecified atom stereocenters. The highest BCUT2D eigenvalue weighted by Gasteiger charge is 2.50. The number of carbonyl (C=O) groups is 1. The highest BCUT2D eigenvalue weighted by atomic mass is 16.1. The van der Waals surface area contributed by atoms with Gasteiger partial charge >= 0.3 is 0 Å². The first-order chi connectivity index (χ1) is 9.19. The molecule has 4 aliphatic carbocycles. The van der Waals surface area contributed by atoms with Crippen molar-refractivity contribution in [1.29, 1.82) is 0 Å². The van der Waals surface area contributed by atoms with Gasteiger partial charge in [0.2, 0.25) is 0 Å². The summed E-state index contributed by atoms with van der Waals surface area (Å²) in [4.78, 5) is 11.8. The first-order valence-electron chi connectivity index (χ1n) is 7.88. The molecule has 1 amide bonds. The van der Waals surface area contributed by atoms with Crippen molar-refractivity contribution in [3.05, 3.63) is 12.7 Å². The molecule has 4 rings (SSSR count). The van der Waals surface area contributed by atoms with Gasteiger partial charge in [0.05, 0.1) is 6.54 Å². The van der Waals surface area contributed by atoms with Crippen LogP contribution in [0.2, 0.25) is 0 Å². The first-order valence-corrected chi connectivity index (χ1v) is 7.88. The minimum Gasteiger partial charge on any atom is -0.351 e. The van der Waals surface area contributed by atoms with Crippen molar-refractivity contribution < 1.29 is 10.1 Å². The Morgan fingerprint density at radius 3 is 2.32 bits per heavy atom. The molecule has 0 aromatic carbocycles. The van der Waals surface area contributed by atoms with Gasteiger partial charge in [0.25, 0.3) is 5.91 Å². The molecule has 0 aromatic heterocycles. The van der Waals surface area contributed by atoms with Crippen LogP contribution in [-0.4, -0.2) is 25.5 Å². The Labute approximate surface area is 116 Å². The summed E-state index contributed by atoms with van der Waals surface area (Å²) in [6.45, 7) is 5.96. The normalized spacial score (nSPS) is 39.3. The third kappa shape index (κ3) is 2.86. The molecule has 4 fully saturated rings. The maximum atomic E-state index is 11.8. The van der Waals surface area contributed by atoms with Gasteiger partial charge in [-0.15, -0.1) is 0 Å². The van der Waals surface area contributed by atoms with E-state index in [1.165, 1.54) is 38.5 Å². The summed E-state index contributed by atoms with van der Waals surface area (Å²) < 4.78 is 0. The molecule has 0 spiro atoms. The Hall–Kier alpha value is -0.830. The Kier molecular flexibility index (Phi) is 3.66. The Bertz CT molecular complexity index is 328. The van der Waals surface area contributed by atoms with Crippen LogP contribution < -0.4 is 10.6 Å². The monoisotopic (exact) mass is 263 g/mol. The van der Waals surface area contributed by atoms with Crippen LogP contribution in [0.3, 0.4) is 0 Å². The fourth-order valence-electron chi connectivity index (χ4n) is 5.20. The molecule has 0 heterocycles.